The fourth-order valence-corrected chi connectivity index (χ4v) is 5.52. The first-order valence-electron chi connectivity index (χ1n) is 11.2. The molecule has 2 fully saturated rings. The van der Waals surface area contributed by atoms with E-state index in [4.69, 9.17) is 4.74 Å². The number of hydrogen-bond donors (Lipinski definition) is 2. The van der Waals surface area contributed by atoms with Crippen molar-refractivity contribution in [1.29, 1.82) is 0 Å². The number of rotatable bonds is 5. The van der Waals surface area contributed by atoms with Crippen molar-refractivity contribution in [3.63, 3.8) is 0 Å². The van der Waals surface area contributed by atoms with Crippen LogP contribution >= 0.6 is 0 Å². The van der Waals surface area contributed by atoms with Gasteiger partial charge < -0.3 is 9.72 Å². The van der Waals surface area contributed by atoms with E-state index in [-0.39, 0.29) is 41.1 Å². The number of amides is 1. The Morgan fingerprint density at radius 3 is 2.65 bits per heavy atom. The van der Waals surface area contributed by atoms with Gasteiger partial charge in [0.1, 0.15) is 11.6 Å². The number of aromatic amines is 1. The lowest BCUT2D eigenvalue weighted by Crippen LogP contribution is -2.26. The van der Waals surface area contributed by atoms with Gasteiger partial charge in [-0.05, 0) is 54.9 Å². The Kier molecular flexibility index (Phi) is 4.75. The standard InChI is InChI=1S/C25H21F3N4O2/c1-11(24(33)32-25-30-20-9-17(27)18(28)10-21(20)31-25)23-14-7-13(8-15(14)23)34-22-4-5-29-19-3-2-12(26)6-16(19)22/h2-6,9-11,13-15,23H,7-8H2,1H3,(H2,30,31,32,33)/t11?,13?,14-,15+,23?. The number of pyridine rings is 1. The Hall–Kier alpha value is -3.62. The first-order valence-corrected chi connectivity index (χ1v) is 11.2. The van der Waals surface area contributed by atoms with Gasteiger partial charge in [-0.25, -0.2) is 18.2 Å². The molecule has 2 aliphatic rings. The van der Waals surface area contributed by atoms with Crippen molar-refractivity contribution in [3.8, 4) is 5.75 Å². The van der Waals surface area contributed by atoms with Crippen LogP contribution in [-0.4, -0.2) is 27.0 Å². The summed E-state index contributed by atoms with van der Waals surface area (Å²) in [7, 11) is 0. The SMILES string of the molecule is CC(C(=O)Nc1nc2cc(F)c(F)cc2[nH]1)C1[C@H]2CC(Oc3ccnc4ccc(F)cc34)C[C@@H]12. The van der Waals surface area contributed by atoms with Gasteiger partial charge in [0.05, 0.1) is 22.7 Å². The Balaban J connectivity index is 1.08. The minimum atomic E-state index is -0.988. The highest BCUT2D eigenvalue weighted by atomic mass is 19.2. The quantitative estimate of drug-likeness (QED) is 0.423. The molecule has 2 heterocycles. The van der Waals surface area contributed by atoms with Crippen LogP contribution < -0.4 is 10.1 Å². The third kappa shape index (κ3) is 3.55. The zero-order chi connectivity index (χ0) is 23.6. The fraction of sp³-hybridized carbons (Fsp3) is 0.320. The molecule has 174 valence electrons. The molecule has 34 heavy (non-hydrogen) atoms. The van der Waals surface area contributed by atoms with Crippen LogP contribution in [0.4, 0.5) is 19.1 Å². The van der Waals surface area contributed by atoms with Gasteiger partial charge in [-0.2, -0.15) is 0 Å². The molecule has 2 aromatic carbocycles. The lowest BCUT2D eigenvalue weighted by Gasteiger charge is -2.20. The summed E-state index contributed by atoms with van der Waals surface area (Å²) < 4.78 is 46.7. The lowest BCUT2D eigenvalue weighted by molar-refractivity contribution is -0.120. The molecule has 4 aromatic rings. The van der Waals surface area contributed by atoms with Crippen LogP contribution in [0.3, 0.4) is 0 Å². The van der Waals surface area contributed by atoms with Crippen LogP contribution in [0.1, 0.15) is 19.8 Å². The van der Waals surface area contributed by atoms with Gasteiger partial charge in [-0.15, -0.1) is 0 Å². The average molecular weight is 466 g/mol. The smallest absolute Gasteiger partial charge is 0.229 e. The van der Waals surface area contributed by atoms with Crippen LogP contribution in [0.25, 0.3) is 21.9 Å². The Morgan fingerprint density at radius 2 is 1.85 bits per heavy atom. The minimum absolute atomic E-state index is 0.00976. The number of halogens is 3. The second kappa shape index (κ2) is 7.72. The molecule has 3 unspecified atom stereocenters. The van der Waals surface area contributed by atoms with Gasteiger partial charge in [-0.3, -0.25) is 15.1 Å². The third-order valence-corrected chi connectivity index (χ3v) is 7.18. The van der Waals surface area contributed by atoms with E-state index in [1.807, 2.05) is 6.92 Å². The number of aromatic nitrogens is 3. The molecule has 1 amide bonds. The number of hydrogen-bond acceptors (Lipinski definition) is 4. The molecule has 0 saturated heterocycles. The molecule has 2 N–H and O–H groups in total. The highest BCUT2D eigenvalue weighted by Crippen LogP contribution is 2.61. The van der Waals surface area contributed by atoms with Crippen molar-refractivity contribution in [2.24, 2.45) is 23.7 Å². The van der Waals surface area contributed by atoms with E-state index >= 15 is 0 Å². The van der Waals surface area contributed by atoms with E-state index in [2.05, 4.69) is 20.3 Å². The molecular formula is C25H21F3N4O2. The van der Waals surface area contributed by atoms with Crippen LogP contribution in [-0.2, 0) is 4.79 Å². The van der Waals surface area contributed by atoms with E-state index < -0.39 is 11.6 Å². The maximum Gasteiger partial charge on any atom is 0.229 e. The number of benzene rings is 2. The molecule has 0 radical (unpaired) electrons. The summed E-state index contributed by atoms with van der Waals surface area (Å²) >= 11 is 0. The second-order valence-corrected chi connectivity index (χ2v) is 9.23. The van der Waals surface area contributed by atoms with Crippen LogP contribution in [0.2, 0.25) is 0 Å². The van der Waals surface area contributed by atoms with Gasteiger partial charge in [0, 0.05) is 29.6 Å². The number of nitrogens with one attached hydrogen (secondary N) is 2. The number of ether oxygens (including phenoxy) is 1. The summed E-state index contributed by atoms with van der Waals surface area (Å²) in [6.45, 7) is 1.88. The number of fused-ring (bicyclic) bond motifs is 3. The van der Waals surface area contributed by atoms with E-state index in [9.17, 15) is 18.0 Å². The Morgan fingerprint density at radius 1 is 1.09 bits per heavy atom. The molecule has 6 rings (SSSR count). The summed E-state index contributed by atoms with van der Waals surface area (Å²) in [5.41, 5.74) is 1.24. The zero-order valence-electron chi connectivity index (χ0n) is 18.2. The predicted molar refractivity (Wildman–Crippen MR) is 120 cm³/mol. The monoisotopic (exact) mass is 466 g/mol. The first kappa shape index (κ1) is 20.9. The molecular weight excluding hydrogens is 445 g/mol. The minimum Gasteiger partial charge on any atom is -0.490 e. The van der Waals surface area contributed by atoms with E-state index in [0.717, 1.165) is 25.0 Å². The number of carbonyl (C=O) groups is 1. The van der Waals surface area contributed by atoms with Crippen molar-refractivity contribution >= 4 is 33.8 Å². The molecule has 2 aromatic heterocycles. The van der Waals surface area contributed by atoms with Crippen LogP contribution in [0.5, 0.6) is 5.75 Å². The number of H-pyrrole nitrogens is 1. The molecule has 6 nitrogen and oxygen atoms in total. The lowest BCUT2D eigenvalue weighted by atomic mass is 9.97. The first-order chi connectivity index (χ1) is 16.4. The number of imidazole rings is 1. The molecule has 9 heteroatoms. The maximum absolute atomic E-state index is 13.7. The third-order valence-electron chi connectivity index (χ3n) is 7.18. The maximum atomic E-state index is 13.7. The summed E-state index contributed by atoms with van der Waals surface area (Å²) in [6, 6.07) is 8.21. The van der Waals surface area contributed by atoms with Gasteiger partial charge in [0.25, 0.3) is 0 Å². The summed E-state index contributed by atoms with van der Waals surface area (Å²) in [5, 5.41) is 3.38. The van der Waals surface area contributed by atoms with Crippen molar-refractivity contribution in [2.45, 2.75) is 25.9 Å². The van der Waals surface area contributed by atoms with E-state index in [1.165, 1.54) is 12.1 Å². The van der Waals surface area contributed by atoms with Crippen molar-refractivity contribution in [3.05, 3.63) is 60.0 Å². The largest absolute Gasteiger partial charge is 0.490 e. The van der Waals surface area contributed by atoms with E-state index in [1.54, 1.807) is 18.3 Å². The van der Waals surface area contributed by atoms with Crippen molar-refractivity contribution in [2.75, 3.05) is 5.32 Å². The summed E-state index contributed by atoms with van der Waals surface area (Å²) in [4.78, 5) is 24.0. The van der Waals surface area contributed by atoms with Gasteiger partial charge in [0.2, 0.25) is 11.9 Å². The van der Waals surface area contributed by atoms with Gasteiger partial charge in [0.15, 0.2) is 11.6 Å². The Bertz CT molecular complexity index is 1390. The van der Waals surface area contributed by atoms with Crippen LogP contribution in [0, 0.1) is 41.1 Å². The van der Waals surface area contributed by atoms with Gasteiger partial charge in [-0.1, -0.05) is 6.92 Å². The summed E-state index contributed by atoms with van der Waals surface area (Å²) in [5.74, 6) is -0.931. The second-order valence-electron chi connectivity index (χ2n) is 9.23. The van der Waals surface area contributed by atoms with Crippen molar-refractivity contribution < 1.29 is 22.7 Å². The van der Waals surface area contributed by atoms with E-state index in [0.29, 0.717) is 34.0 Å². The highest BCUT2D eigenvalue weighted by Gasteiger charge is 2.59. The number of nitrogens with zero attached hydrogens (tertiary/aromatic N) is 2. The summed E-state index contributed by atoms with van der Waals surface area (Å²) in [6.07, 6.45) is 3.32. The molecule has 2 aliphatic carbocycles. The molecule has 0 aliphatic heterocycles. The molecule has 5 atom stereocenters. The molecule has 2 saturated carbocycles. The van der Waals surface area contributed by atoms with Crippen molar-refractivity contribution in [1.82, 2.24) is 15.0 Å². The van der Waals surface area contributed by atoms with Gasteiger partial charge >= 0.3 is 0 Å². The molecule has 0 spiro atoms. The number of carbonyl (C=O) groups excluding carboxylic acids is 1. The zero-order valence-corrected chi connectivity index (χ0v) is 18.2. The topological polar surface area (TPSA) is 79.9 Å². The fourth-order valence-electron chi connectivity index (χ4n) is 5.52. The molecule has 0 bridgehead atoms. The highest BCUT2D eigenvalue weighted by molar-refractivity contribution is 5.93. The average Bonchev–Trinajstić information content (AvgIpc) is 3.10. The predicted octanol–water partition coefficient (Wildman–Crippen LogP) is 5.21. The van der Waals surface area contributed by atoms with Crippen LogP contribution in [0.15, 0.2) is 42.6 Å². The number of anilines is 1. The Labute approximate surface area is 192 Å². The normalized spacial score (nSPS) is 24.2.